The van der Waals surface area contributed by atoms with Gasteiger partial charge >= 0.3 is 0 Å². The van der Waals surface area contributed by atoms with Crippen molar-refractivity contribution in [3.63, 3.8) is 0 Å². The maximum Gasteiger partial charge on any atom is 0.00671 e. The first kappa shape index (κ1) is 12.4. The Bertz CT molecular complexity index is 209. The van der Waals surface area contributed by atoms with E-state index < -0.39 is 0 Å². The average Bonchev–Trinajstić information content (AvgIpc) is 2.71. The van der Waals surface area contributed by atoms with Crippen LogP contribution in [-0.4, -0.2) is 37.1 Å². The number of nitrogens with one attached hydrogen (secondary N) is 1. The SMILES string of the molecule is CCCC1(CN2CCCCC2C)CCNC1. The van der Waals surface area contributed by atoms with Gasteiger partial charge in [-0.1, -0.05) is 19.8 Å². The van der Waals surface area contributed by atoms with Crippen LogP contribution < -0.4 is 5.32 Å². The standard InChI is InChI=1S/C14H28N2/c1-3-7-14(8-9-15-11-14)12-16-10-5-4-6-13(16)2/h13,15H,3-12H2,1-2H3. The fourth-order valence-corrected chi connectivity index (χ4v) is 3.58. The van der Waals surface area contributed by atoms with Crippen molar-refractivity contribution in [3.05, 3.63) is 0 Å². The van der Waals surface area contributed by atoms with Crippen LogP contribution >= 0.6 is 0 Å². The second-order valence-corrected chi connectivity index (χ2v) is 5.99. The molecular weight excluding hydrogens is 196 g/mol. The molecule has 0 aromatic heterocycles. The first-order valence-corrected chi connectivity index (χ1v) is 7.20. The van der Waals surface area contributed by atoms with Gasteiger partial charge in [0.2, 0.25) is 0 Å². The maximum atomic E-state index is 3.58. The van der Waals surface area contributed by atoms with Gasteiger partial charge in [0.15, 0.2) is 0 Å². The van der Waals surface area contributed by atoms with Crippen LogP contribution in [0.4, 0.5) is 0 Å². The molecule has 2 saturated heterocycles. The molecule has 2 aliphatic heterocycles. The molecule has 2 aliphatic rings. The Kier molecular flexibility index (Phi) is 4.26. The monoisotopic (exact) mass is 224 g/mol. The van der Waals surface area contributed by atoms with E-state index in [9.17, 15) is 0 Å². The number of likely N-dealkylation sites (tertiary alicyclic amines) is 1. The molecule has 2 heterocycles. The van der Waals surface area contributed by atoms with Gasteiger partial charge in [-0.25, -0.2) is 0 Å². The lowest BCUT2D eigenvalue weighted by Crippen LogP contribution is -2.45. The Morgan fingerprint density at radius 1 is 1.38 bits per heavy atom. The predicted molar refractivity (Wildman–Crippen MR) is 69.7 cm³/mol. The molecule has 0 amide bonds. The number of hydrogen-bond acceptors (Lipinski definition) is 2. The lowest BCUT2D eigenvalue weighted by molar-refractivity contribution is 0.0911. The Hall–Kier alpha value is -0.0800. The van der Waals surface area contributed by atoms with E-state index in [1.165, 1.54) is 64.7 Å². The summed E-state index contributed by atoms with van der Waals surface area (Å²) in [5, 5.41) is 3.58. The first-order valence-electron chi connectivity index (χ1n) is 7.20. The Morgan fingerprint density at radius 2 is 2.25 bits per heavy atom. The van der Waals surface area contributed by atoms with Gasteiger partial charge in [0, 0.05) is 19.1 Å². The van der Waals surface area contributed by atoms with E-state index in [0.717, 1.165) is 6.04 Å². The molecule has 94 valence electrons. The van der Waals surface area contributed by atoms with Crippen molar-refractivity contribution in [3.8, 4) is 0 Å². The third-order valence-electron chi connectivity index (χ3n) is 4.59. The van der Waals surface area contributed by atoms with Crippen molar-refractivity contribution >= 4 is 0 Å². The fourth-order valence-electron chi connectivity index (χ4n) is 3.58. The quantitative estimate of drug-likeness (QED) is 0.790. The van der Waals surface area contributed by atoms with Crippen LogP contribution in [0.3, 0.4) is 0 Å². The summed E-state index contributed by atoms with van der Waals surface area (Å²) < 4.78 is 0. The van der Waals surface area contributed by atoms with Gasteiger partial charge in [0.1, 0.15) is 0 Å². The highest BCUT2D eigenvalue weighted by molar-refractivity contribution is 4.91. The second kappa shape index (κ2) is 5.50. The van der Waals surface area contributed by atoms with Crippen molar-refractivity contribution in [2.75, 3.05) is 26.2 Å². The summed E-state index contributed by atoms with van der Waals surface area (Å²) in [6.07, 6.45) is 8.41. The third kappa shape index (κ3) is 2.78. The van der Waals surface area contributed by atoms with Crippen LogP contribution in [0.2, 0.25) is 0 Å². The van der Waals surface area contributed by atoms with Crippen LogP contribution in [0, 0.1) is 5.41 Å². The van der Waals surface area contributed by atoms with Crippen molar-refractivity contribution < 1.29 is 0 Å². The molecule has 0 aliphatic carbocycles. The molecule has 2 fully saturated rings. The highest BCUT2D eigenvalue weighted by Gasteiger charge is 2.36. The zero-order chi connectivity index (χ0) is 11.4. The van der Waals surface area contributed by atoms with E-state index in [-0.39, 0.29) is 0 Å². The summed E-state index contributed by atoms with van der Waals surface area (Å²) in [6, 6.07) is 0.822. The van der Waals surface area contributed by atoms with Crippen molar-refractivity contribution in [2.24, 2.45) is 5.41 Å². The van der Waals surface area contributed by atoms with Crippen molar-refractivity contribution in [1.82, 2.24) is 10.2 Å². The zero-order valence-electron chi connectivity index (χ0n) is 11.1. The third-order valence-corrected chi connectivity index (χ3v) is 4.59. The summed E-state index contributed by atoms with van der Waals surface area (Å²) in [6.45, 7) is 9.93. The molecule has 2 rings (SSSR count). The molecule has 0 radical (unpaired) electrons. The summed E-state index contributed by atoms with van der Waals surface area (Å²) in [7, 11) is 0. The fraction of sp³-hybridized carbons (Fsp3) is 1.00. The molecule has 0 aromatic carbocycles. The molecule has 2 nitrogen and oxygen atoms in total. The number of piperidine rings is 1. The molecule has 1 N–H and O–H groups in total. The Morgan fingerprint density at radius 3 is 2.88 bits per heavy atom. The second-order valence-electron chi connectivity index (χ2n) is 5.99. The van der Waals surface area contributed by atoms with Gasteiger partial charge in [0.25, 0.3) is 0 Å². The topological polar surface area (TPSA) is 15.3 Å². The van der Waals surface area contributed by atoms with Crippen molar-refractivity contribution in [2.45, 2.75) is 58.4 Å². The normalized spacial score (nSPS) is 36.8. The molecule has 0 saturated carbocycles. The smallest absolute Gasteiger partial charge is 0.00671 e. The highest BCUT2D eigenvalue weighted by atomic mass is 15.2. The van der Waals surface area contributed by atoms with Gasteiger partial charge in [0.05, 0.1) is 0 Å². The maximum absolute atomic E-state index is 3.58. The van der Waals surface area contributed by atoms with Crippen LogP contribution in [0.1, 0.15) is 52.4 Å². The van der Waals surface area contributed by atoms with E-state index in [2.05, 4.69) is 24.1 Å². The van der Waals surface area contributed by atoms with Crippen LogP contribution in [0.15, 0.2) is 0 Å². The van der Waals surface area contributed by atoms with Crippen LogP contribution in [0.25, 0.3) is 0 Å². The molecule has 0 spiro atoms. The largest absolute Gasteiger partial charge is 0.316 e. The molecule has 2 unspecified atom stereocenters. The van der Waals surface area contributed by atoms with Gasteiger partial charge in [-0.3, -0.25) is 0 Å². The lowest BCUT2D eigenvalue weighted by atomic mass is 9.81. The number of rotatable bonds is 4. The molecular formula is C14H28N2. The molecule has 0 aromatic rings. The van der Waals surface area contributed by atoms with E-state index in [1.807, 2.05) is 0 Å². The van der Waals surface area contributed by atoms with E-state index >= 15 is 0 Å². The van der Waals surface area contributed by atoms with Gasteiger partial charge in [-0.2, -0.15) is 0 Å². The average molecular weight is 224 g/mol. The minimum atomic E-state index is 0.598. The first-order chi connectivity index (χ1) is 7.76. The summed E-state index contributed by atoms with van der Waals surface area (Å²) >= 11 is 0. The highest BCUT2D eigenvalue weighted by Crippen LogP contribution is 2.33. The molecule has 0 bridgehead atoms. The summed E-state index contributed by atoms with van der Waals surface area (Å²) in [4.78, 5) is 2.76. The minimum absolute atomic E-state index is 0.598. The van der Waals surface area contributed by atoms with Gasteiger partial charge in [-0.05, 0) is 51.1 Å². The molecule has 2 atom stereocenters. The minimum Gasteiger partial charge on any atom is -0.316 e. The summed E-state index contributed by atoms with van der Waals surface area (Å²) in [5.74, 6) is 0. The van der Waals surface area contributed by atoms with Gasteiger partial charge < -0.3 is 10.2 Å². The molecule has 16 heavy (non-hydrogen) atoms. The Labute approximate surface area is 101 Å². The van der Waals surface area contributed by atoms with E-state index in [0.29, 0.717) is 5.41 Å². The summed E-state index contributed by atoms with van der Waals surface area (Å²) in [5.41, 5.74) is 0.598. The Balaban J connectivity index is 1.93. The van der Waals surface area contributed by atoms with Crippen LogP contribution in [-0.2, 0) is 0 Å². The lowest BCUT2D eigenvalue weighted by Gasteiger charge is -2.40. The zero-order valence-corrected chi connectivity index (χ0v) is 11.1. The van der Waals surface area contributed by atoms with E-state index in [1.54, 1.807) is 0 Å². The molecule has 2 heteroatoms. The van der Waals surface area contributed by atoms with Gasteiger partial charge in [-0.15, -0.1) is 0 Å². The van der Waals surface area contributed by atoms with Crippen molar-refractivity contribution in [1.29, 1.82) is 0 Å². The van der Waals surface area contributed by atoms with E-state index in [4.69, 9.17) is 0 Å². The predicted octanol–water partition coefficient (Wildman–Crippen LogP) is 2.64. The number of hydrogen-bond donors (Lipinski definition) is 1. The number of nitrogens with zero attached hydrogens (tertiary/aromatic N) is 1. The van der Waals surface area contributed by atoms with Crippen LogP contribution in [0.5, 0.6) is 0 Å².